The highest BCUT2D eigenvalue weighted by Gasteiger charge is 2.25. The van der Waals surface area contributed by atoms with Gasteiger partial charge in [-0.3, -0.25) is 4.99 Å². The number of aliphatic imine (C=N–C) groups is 1. The molecule has 0 spiro atoms. The number of likely N-dealkylation sites (tertiary alicyclic amines) is 1. The Bertz CT molecular complexity index is 761. The van der Waals surface area contributed by atoms with E-state index in [1.807, 2.05) is 12.1 Å². The Balaban J connectivity index is 1.64. The van der Waals surface area contributed by atoms with Crippen LogP contribution in [0.15, 0.2) is 53.5 Å². The molecule has 27 heavy (non-hydrogen) atoms. The van der Waals surface area contributed by atoms with Crippen molar-refractivity contribution in [3.8, 4) is 11.5 Å². The summed E-state index contributed by atoms with van der Waals surface area (Å²) >= 11 is 0. The van der Waals surface area contributed by atoms with Crippen LogP contribution in [0.5, 0.6) is 11.5 Å². The number of ether oxygens (including phenoxy) is 1. The van der Waals surface area contributed by atoms with Gasteiger partial charge < -0.3 is 20.1 Å². The topological polar surface area (TPSA) is 57.1 Å². The van der Waals surface area contributed by atoms with Crippen LogP contribution in [0, 0.1) is 0 Å². The van der Waals surface area contributed by atoms with Crippen molar-refractivity contribution in [2.45, 2.75) is 25.7 Å². The van der Waals surface area contributed by atoms with E-state index < -0.39 is 0 Å². The van der Waals surface area contributed by atoms with Crippen molar-refractivity contribution < 1.29 is 9.84 Å². The zero-order valence-electron chi connectivity index (χ0n) is 16.2. The smallest absolute Gasteiger partial charge is 0.193 e. The van der Waals surface area contributed by atoms with Crippen molar-refractivity contribution in [2.24, 2.45) is 4.99 Å². The molecule has 2 N–H and O–H groups in total. The number of nitrogens with zero attached hydrogens (tertiary/aromatic N) is 2. The van der Waals surface area contributed by atoms with Gasteiger partial charge >= 0.3 is 0 Å². The standard InChI is InChI=1S/C22H29N3O2/c1-3-23-22(24-14-12-18-10-7-11-20(27-2)21(18)26)25-15-13-19(16-25)17-8-5-4-6-9-17/h4-11,19,26H,3,12-16H2,1-2H3,(H,23,24). The van der Waals surface area contributed by atoms with Crippen molar-refractivity contribution in [1.82, 2.24) is 10.2 Å². The second-order valence-electron chi connectivity index (χ2n) is 6.80. The molecule has 1 unspecified atom stereocenters. The lowest BCUT2D eigenvalue weighted by atomic mass is 9.99. The predicted molar refractivity (Wildman–Crippen MR) is 110 cm³/mol. The summed E-state index contributed by atoms with van der Waals surface area (Å²) in [6.45, 7) is 5.55. The Labute approximate surface area is 161 Å². The number of hydrogen-bond donors (Lipinski definition) is 2. The van der Waals surface area contributed by atoms with Crippen molar-refractivity contribution in [3.05, 3.63) is 59.7 Å². The molecule has 1 aliphatic heterocycles. The molecule has 0 amide bonds. The molecule has 0 aromatic heterocycles. The molecule has 0 saturated carbocycles. The van der Waals surface area contributed by atoms with E-state index in [2.05, 4.69) is 47.5 Å². The summed E-state index contributed by atoms with van der Waals surface area (Å²) in [7, 11) is 1.57. The average Bonchev–Trinajstić information content (AvgIpc) is 3.19. The first-order chi connectivity index (χ1) is 13.2. The van der Waals surface area contributed by atoms with Crippen LogP contribution in [-0.2, 0) is 6.42 Å². The van der Waals surface area contributed by atoms with Gasteiger partial charge in [-0.15, -0.1) is 0 Å². The minimum absolute atomic E-state index is 0.213. The molecule has 2 aromatic carbocycles. The molecule has 1 aliphatic rings. The first kappa shape index (κ1) is 19.1. The lowest BCUT2D eigenvalue weighted by molar-refractivity contribution is 0.370. The summed E-state index contributed by atoms with van der Waals surface area (Å²) in [6, 6.07) is 16.3. The van der Waals surface area contributed by atoms with Crippen LogP contribution in [0.2, 0.25) is 0 Å². The van der Waals surface area contributed by atoms with E-state index in [-0.39, 0.29) is 5.75 Å². The third kappa shape index (κ3) is 4.73. The van der Waals surface area contributed by atoms with Crippen LogP contribution in [0.1, 0.15) is 30.4 Å². The number of benzene rings is 2. The molecule has 5 nitrogen and oxygen atoms in total. The van der Waals surface area contributed by atoms with Gasteiger partial charge in [-0.2, -0.15) is 0 Å². The molecule has 0 bridgehead atoms. The Hall–Kier alpha value is -2.69. The molecule has 0 radical (unpaired) electrons. The minimum Gasteiger partial charge on any atom is -0.504 e. The predicted octanol–water partition coefficient (Wildman–Crippen LogP) is 3.40. The molecule has 3 rings (SSSR count). The minimum atomic E-state index is 0.213. The van der Waals surface area contributed by atoms with Crippen molar-refractivity contribution in [1.29, 1.82) is 0 Å². The van der Waals surface area contributed by atoms with E-state index in [0.29, 0.717) is 24.6 Å². The van der Waals surface area contributed by atoms with Gasteiger partial charge in [-0.25, -0.2) is 0 Å². The van der Waals surface area contributed by atoms with Gasteiger partial charge in [0.15, 0.2) is 17.5 Å². The highest BCUT2D eigenvalue weighted by atomic mass is 16.5. The normalized spacial score (nSPS) is 17.2. The molecule has 5 heteroatoms. The van der Waals surface area contributed by atoms with Gasteiger partial charge in [0.05, 0.1) is 7.11 Å². The second kappa shape index (κ2) is 9.31. The second-order valence-corrected chi connectivity index (χ2v) is 6.80. The van der Waals surface area contributed by atoms with Crippen LogP contribution in [0.4, 0.5) is 0 Å². The maximum Gasteiger partial charge on any atom is 0.193 e. The molecule has 1 atom stereocenters. The highest BCUT2D eigenvalue weighted by molar-refractivity contribution is 5.80. The van der Waals surface area contributed by atoms with Gasteiger partial charge in [0.2, 0.25) is 0 Å². The van der Waals surface area contributed by atoms with Crippen molar-refractivity contribution in [3.63, 3.8) is 0 Å². The van der Waals surface area contributed by atoms with Crippen molar-refractivity contribution >= 4 is 5.96 Å². The van der Waals surface area contributed by atoms with E-state index in [1.165, 1.54) is 5.56 Å². The monoisotopic (exact) mass is 367 g/mol. The maximum atomic E-state index is 10.2. The van der Waals surface area contributed by atoms with Crippen LogP contribution in [0.3, 0.4) is 0 Å². The summed E-state index contributed by atoms with van der Waals surface area (Å²) in [5.74, 6) is 2.23. The fourth-order valence-electron chi connectivity index (χ4n) is 3.59. The van der Waals surface area contributed by atoms with Crippen LogP contribution in [0.25, 0.3) is 0 Å². The van der Waals surface area contributed by atoms with E-state index in [0.717, 1.165) is 37.6 Å². The highest BCUT2D eigenvalue weighted by Crippen LogP contribution is 2.30. The Kier molecular flexibility index (Phi) is 6.58. The zero-order valence-corrected chi connectivity index (χ0v) is 16.2. The average molecular weight is 367 g/mol. The van der Waals surface area contributed by atoms with Gasteiger partial charge in [0.1, 0.15) is 0 Å². The molecule has 1 fully saturated rings. The molecule has 1 saturated heterocycles. The van der Waals surface area contributed by atoms with Crippen molar-refractivity contribution in [2.75, 3.05) is 33.3 Å². The summed E-state index contributed by atoms with van der Waals surface area (Å²) in [5, 5.41) is 13.6. The number of phenolic OH excluding ortho intramolecular Hbond substituents is 1. The van der Waals surface area contributed by atoms with Gasteiger partial charge in [0, 0.05) is 32.1 Å². The number of phenols is 1. The van der Waals surface area contributed by atoms with E-state index in [9.17, 15) is 5.11 Å². The van der Waals surface area contributed by atoms with E-state index in [1.54, 1.807) is 13.2 Å². The lowest BCUT2D eigenvalue weighted by Gasteiger charge is -2.22. The molecular weight excluding hydrogens is 338 g/mol. The molecule has 0 aliphatic carbocycles. The fourth-order valence-corrected chi connectivity index (χ4v) is 3.59. The zero-order chi connectivity index (χ0) is 19.1. The molecular formula is C22H29N3O2. The first-order valence-electron chi connectivity index (χ1n) is 9.66. The molecule has 144 valence electrons. The van der Waals surface area contributed by atoms with Gasteiger partial charge in [-0.05, 0) is 37.0 Å². The number of para-hydroxylation sites is 1. The summed E-state index contributed by atoms with van der Waals surface area (Å²) < 4.78 is 5.18. The number of methoxy groups -OCH3 is 1. The van der Waals surface area contributed by atoms with Gasteiger partial charge in [-0.1, -0.05) is 42.5 Å². The van der Waals surface area contributed by atoms with Crippen LogP contribution in [-0.4, -0.2) is 49.3 Å². The Morgan fingerprint density at radius 3 is 2.78 bits per heavy atom. The Morgan fingerprint density at radius 1 is 1.22 bits per heavy atom. The molecule has 2 aromatic rings. The maximum absolute atomic E-state index is 10.2. The third-order valence-electron chi connectivity index (χ3n) is 5.04. The van der Waals surface area contributed by atoms with E-state index >= 15 is 0 Å². The Morgan fingerprint density at radius 2 is 2.04 bits per heavy atom. The fraction of sp³-hybridized carbons (Fsp3) is 0.409. The summed E-state index contributed by atoms with van der Waals surface area (Å²) in [6.07, 6.45) is 1.82. The largest absolute Gasteiger partial charge is 0.504 e. The number of hydrogen-bond acceptors (Lipinski definition) is 3. The number of rotatable bonds is 6. The number of nitrogens with one attached hydrogen (secondary N) is 1. The number of guanidine groups is 1. The first-order valence-corrected chi connectivity index (χ1v) is 9.66. The molecule has 1 heterocycles. The van der Waals surface area contributed by atoms with E-state index in [4.69, 9.17) is 9.73 Å². The third-order valence-corrected chi connectivity index (χ3v) is 5.04. The van der Waals surface area contributed by atoms with Gasteiger partial charge in [0.25, 0.3) is 0 Å². The summed E-state index contributed by atoms with van der Waals surface area (Å²) in [5.41, 5.74) is 2.26. The SMILES string of the molecule is CCNC(=NCCc1cccc(OC)c1O)N1CCC(c2ccccc2)C1. The van der Waals surface area contributed by atoms with Crippen LogP contribution >= 0.6 is 0 Å². The quantitative estimate of drug-likeness (QED) is 0.607. The lowest BCUT2D eigenvalue weighted by Crippen LogP contribution is -2.40. The summed E-state index contributed by atoms with van der Waals surface area (Å²) in [4.78, 5) is 7.13. The number of aromatic hydroxyl groups is 1. The van der Waals surface area contributed by atoms with Crippen LogP contribution < -0.4 is 10.1 Å².